The molecule has 0 aliphatic rings. The van der Waals surface area contributed by atoms with Gasteiger partial charge in [-0.05, 0) is 49.2 Å². The molecule has 3 aromatic rings. The number of hydrogen-bond acceptors (Lipinski definition) is 2. The monoisotopic (exact) mass is 318 g/mol. The summed E-state index contributed by atoms with van der Waals surface area (Å²) in [7, 11) is 0. The predicted octanol–water partition coefficient (Wildman–Crippen LogP) is 4.27. The Labute approximate surface area is 133 Å². The molecule has 0 radical (unpaired) electrons. The Bertz CT molecular complexity index is 836. The van der Waals surface area contributed by atoms with Crippen LogP contribution in [0.15, 0.2) is 42.7 Å². The molecule has 0 atom stereocenters. The van der Waals surface area contributed by atoms with Gasteiger partial charge in [0.25, 0.3) is 0 Å². The fourth-order valence-corrected chi connectivity index (χ4v) is 2.64. The molecule has 2 aromatic carbocycles. The van der Waals surface area contributed by atoms with Gasteiger partial charge in [-0.25, -0.2) is 9.37 Å². The molecule has 0 amide bonds. The van der Waals surface area contributed by atoms with Gasteiger partial charge in [0.15, 0.2) is 0 Å². The molecule has 5 heteroatoms. The predicted molar refractivity (Wildman–Crippen MR) is 86.4 cm³/mol. The highest BCUT2D eigenvalue weighted by Crippen LogP contribution is 2.27. The first-order valence-corrected chi connectivity index (χ1v) is 7.34. The van der Waals surface area contributed by atoms with E-state index in [1.165, 1.54) is 6.07 Å². The lowest BCUT2D eigenvalue weighted by Gasteiger charge is -2.18. The van der Waals surface area contributed by atoms with Crippen LogP contribution in [0, 0.1) is 5.82 Å². The number of imidazole rings is 1. The molecule has 0 saturated carbocycles. The second-order valence-electron chi connectivity index (χ2n) is 6.02. The van der Waals surface area contributed by atoms with Crippen LogP contribution in [0.3, 0.4) is 0 Å². The summed E-state index contributed by atoms with van der Waals surface area (Å²) in [4.78, 5) is 4.37. The number of aromatic nitrogens is 2. The van der Waals surface area contributed by atoms with Crippen LogP contribution in [0.4, 0.5) is 4.39 Å². The molecule has 0 saturated heterocycles. The Balaban J connectivity index is 2.02. The second-order valence-corrected chi connectivity index (χ2v) is 6.42. The van der Waals surface area contributed by atoms with Crippen molar-refractivity contribution in [1.82, 2.24) is 9.55 Å². The molecule has 0 aliphatic carbocycles. The summed E-state index contributed by atoms with van der Waals surface area (Å²) in [6, 6.07) is 10.5. The topological polar surface area (TPSA) is 38.0 Å². The molecule has 0 bridgehead atoms. The Morgan fingerprint density at radius 1 is 1.18 bits per heavy atom. The zero-order valence-corrected chi connectivity index (χ0v) is 13.1. The van der Waals surface area contributed by atoms with Crippen LogP contribution in [-0.2, 0) is 6.54 Å². The second kappa shape index (κ2) is 5.38. The third-order valence-corrected chi connectivity index (χ3v) is 3.72. The lowest BCUT2D eigenvalue weighted by atomic mass is 10.0. The molecule has 1 N–H and O–H groups in total. The highest BCUT2D eigenvalue weighted by Gasteiger charge is 2.15. The summed E-state index contributed by atoms with van der Waals surface area (Å²) in [5.74, 6) is -0.430. The van der Waals surface area contributed by atoms with Crippen molar-refractivity contribution in [2.24, 2.45) is 0 Å². The number of aliphatic hydroxyl groups is 1. The van der Waals surface area contributed by atoms with E-state index in [1.54, 1.807) is 32.3 Å². The maximum Gasteiger partial charge on any atom is 0.141 e. The van der Waals surface area contributed by atoms with E-state index in [4.69, 9.17) is 11.6 Å². The Kier molecular flexibility index (Phi) is 3.67. The van der Waals surface area contributed by atoms with E-state index in [1.807, 2.05) is 22.8 Å². The van der Waals surface area contributed by atoms with Crippen molar-refractivity contribution in [2.75, 3.05) is 0 Å². The number of nitrogens with zero attached hydrogens (tertiary/aromatic N) is 2. The molecular weight excluding hydrogens is 303 g/mol. The summed E-state index contributed by atoms with van der Waals surface area (Å²) in [5.41, 5.74) is 2.71. The molecule has 3 rings (SSSR count). The first-order valence-electron chi connectivity index (χ1n) is 6.96. The van der Waals surface area contributed by atoms with Gasteiger partial charge in [-0.2, -0.15) is 0 Å². The zero-order chi connectivity index (χ0) is 15.9. The molecule has 0 aliphatic heterocycles. The van der Waals surface area contributed by atoms with Gasteiger partial charge in [-0.15, -0.1) is 0 Å². The quantitative estimate of drug-likeness (QED) is 0.783. The number of fused-ring (bicyclic) bond motifs is 1. The van der Waals surface area contributed by atoms with Crippen LogP contribution in [-0.4, -0.2) is 20.3 Å². The van der Waals surface area contributed by atoms with E-state index < -0.39 is 11.4 Å². The molecule has 114 valence electrons. The maximum atomic E-state index is 13.3. The largest absolute Gasteiger partial charge is 0.389 e. The van der Waals surface area contributed by atoms with Crippen molar-refractivity contribution in [3.63, 3.8) is 0 Å². The molecule has 22 heavy (non-hydrogen) atoms. The third kappa shape index (κ3) is 2.98. The van der Waals surface area contributed by atoms with Gasteiger partial charge in [0.1, 0.15) is 5.82 Å². The van der Waals surface area contributed by atoms with Crippen LogP contribution in [0.5, 0.6) is 0 Å². The zero-order valence-electron chi connectivity index (χ0n) is 12.3. The van der Waals surface area contributed by atoms with Gasteiger partial charge in [-0.3, -0.25) is 0 Å². The van der Waals surface area contributed by atoms with Crippen molar-refractivity contribution in [1.29, 1.82) is 0 Å². The summed E-state index contributed by atoms with van der Waals surface area (Å²) in [6.07, 6.45) is 1.71. The number of hydrogen-bond donors (Lipinski definition) is 1. The van der Waals surface area contributed by atoms with Crippen LogP contribution in [0.25, 0.3) is 22.2 Å². The Morgan fingerprint density at radius 3 is 2.55 bits per heavy atom. The van der Waals surface area contributed by atoms with E-state index in [-0.39, 0.29) is 5.02 Å². The van der Waals surface area contributed by atoms with Gasteiger partial charge in [0.2, 0.25) is 0 Å². The molecule has 0 fully saturated rings. The summed E-state index contributed by atoms with van der Waals surface area (Å²) in [6.45, 7) is 3.98. The highest BCUT2D eigenvalue weighted by molar-refractivity contribution is 6.31. The lowest BCUT2D eigenvalue weighted by molar-refractivity contribution is 0.0627. The number of benzene rings is 2. The Hall–Kier alpha value is -1.91. The Morgan fingerprint density at radius 2 is 1.86 bits per heavy atom. The van der Waals surface area contributed by atoms with Crippen LogP contribution in [0.2, 0.25) is 5.02 Å². The minimum Gasteiger partial charge on any atom is -0.389 e. The van der Waals surface area contributed by atoms with E-state index >= 15 is 0 Å². The normalized spacial score (nSPS) is 12.0. The van der Waals surface area contributed by atoms with Gasteiger partial charge in [0.05, 0.1) is 34.5 Å². The van der Waals surface area contributed by atoms with E-state index in [0.717, 1.165) is 22.2 Å². The van der Waals surface area contributed by atoms with Crippen LogP contribution >= 0.6 is 11.6 Å². The van der Waals surface area contributed by atoms with Crippen molar-refractivity contribution in [3.05, 3.63) is 53.6 Å². The van der Waals surface area contributed by atoms with Crippen LogP contribution < -0.4 is 0 Å². The van der Waals surface area contributed by atoms with Crippen LogP contribution in [0.1, 0.15) is 13.8 Å². The summed E-state index contributed by atoms with van der Waals surface area (Å²) in [5, 5.41) is 10.0. The minimum absolute atomic E-state index is 0.102. The average molecular weight is 319 g/mol. The van der Waals surface area contributed by atoms with E-state index in [9.17, 15) is 9.50 Å². The van der Waals surface area contributed by atoms with Gasteiger partial charge < -0.3 is 9.67 Å². The molecule has 0 unspecified atom stereocenters. The summed E-state index contributed by atoms with van der Waals surface area (Å²) >= 11 is 5.84. The van der Waals surface area contributed by atoms with Crippen molar-refractivity contribution >= 4 is 22.6 Å². The van der Waals surface area contributed by atoms with Gasteiger partial charge in [-0.1, -0.05) is 23.7 Å². The highest BCUT2D eigenvalue weighted by atomic mass is 35.5. The van der Waals surface area contributed by atoms with E-state index in [0.29, 0.717) is 6.54 Å². The first kappa shape index (κ1) is 15.0. The van der Waals surface area contributed by atoms with Crippen molar-refractivity contribution < 1.29 is 9.50 Å². The standard InChI is InChI=1S/C17H16ClFN2O/c1-17(2,22)9-21-10-20-15-8-12(4-6-16(15)21)11-3-5-14(19)13(18)7-11/h3-8,10,22H,9H2,1-2H3. The summed E-state index contributed by atoms with van der Waals surface area (Å²) < 4.78 is 15.2. The average Bonchev–Trinajstić information content (AvgIpc) is 2.82. The SMILES string of the molecule is CC(C)(O)Cn1cnc2cc(-c3ccc(F)c(Cl)c3)ccc21. The third-order valence-electron chi connectivity index (χ3n) is 3.43. The number of halogens is 2. The van der Waals surface area contributed by atoms with Crippen molar-refractivity contribution in [2.45, 2.75) is 26.0 Å². The molecule has 1 aromatic heterocycles. The molecule has 1 heterocycles. The van der Waals surface area contributed by atoms with Gasteiger partial charge in [0, 0.05) is 0 Å². The molecule has 0 spiro atoms. The van der Waals surface area contributed by atoms with E-state index in [2.05, 4.69) is 4.98 Å². The number of rotatable bonds is 3. The molecule has 3 nitrogen and oxygen atoms in total. The minimum atomic E-state index is -0.809. The van der Waals surface area contributed by atoms with Gasteiger partial charge >= 0.3 is 0 Å². The van der Waals surface area contributed by atoms with Crippen molar-refractivity contribution in [3.8, 4) is 11.1 Å². The molecular formula is C17H16ClFN2O. The fourth-order valence-electron chi connectivity index (χ4n) is 2.46. The lowest BCUT2D eigenvalue weighted by Crippen LogP contribution is -2.25. The smallest absolute Gasteiger partial charge is 0.141 e. The first-order chi connectivity index (χ1) is 10.3. The fraction of sp³-hybridized carbons (Fsp3) is 0.235. The maximum absolute atomic E-state index is 13.3.